The highest BCUT2D eigenvalue weighted by Gasteiger charge is 2.05. The molecule has 2 nitrogen and oxygen atoms in total. The van der Waals surface area contributed by atoms with Crippen molar-refractivity contribution < 1.29 is 13.9 Å². The highest BCUT2D eigenvalue weighted by Crippen LogP contribution is 2.19. The number of rotatable bonds is 4. The number of thiophene rings is 1. The van der Waals surface area contributed by atoms with Crippen LogP contribution in [0.4, 0.5) is 4.39 Å². The number of aryl methyl sites for hydroxylation is 1. The summed E-state index contributed by atoms with van der Waals surface area (Å²) in [5.74, 6) is -0.323. The monoisotopic (exact) mass is 276 g/mol. The van der Waals surface area contributed by atoms with E-state index in [0.717, 1.165) is 4.88 Å². The summed E-state index contributed by atoms with van der Waals surface area (Å²) in [4.78, 5) is 13.6. The molecular weight excluding hydrogens is 263 g/mol. The second-order valence-corrected chi connectivity index (χ2v) is 5.29. The van der Waals surface area contributed by atoms with Gasteiger partial charge < -0.3 is 4.74 Å². The van der Waals surface area contributed by atoms with Crippen molar-refractivity contribution in [2.45, 2.75) is 6.92 Å². The topological polar surface area (TPSA) is 26.3 Å². The maximum atomic E-state index is 13.5. The molecule has 2 rings (SSSR count). The van der Waals surface area contributed by atoms with Gasteiger partial charge in [-0.15, -0.1) is 11.3 Å². The molecular formula is C15H13FO2S. The summed E-state index contributed by atoms with van der Waals surface area (Å²) in [6.45, 7) is 1.95. The Balaban J connectivity index is 2.14. The van der Waals surface area contributed by atoms with Crippen molar-refractivity contribution in [1.82, 2.24) is 0 Å². The van der Waals surface area contributed by atoms with E-state index in [9.17, 15) is 9.18 Å². The molecule has 0 aliphatic heterocycles. The number of ether oxygens (including phenoxy) is 1. The van der Waals surface area contributed by atoms with Crippen LogP contribution < -0.4 is 4.74 Å². The lowest BCUT2D eigenvalue weighted by atomic mass is 10.1. The van der Waals surface area contributed by atoms with Crippen molar-refractivity contribution in [1.29, 1.82) is 0 Å². The number of benzene rings is 1. The van der Waals surface area contributed by atoms with Gasteiger partial charge in [0.25, 0.3) is 0 Å². The predicted octanol–water partition coefficient (Wildman–Crippen LogP) is 4.10. The van der Waals surface area contributed by atoms with Crippen molar-refractivity contribution in [3.05, 3.63) is 57.5 Å². The molecule has 0 saturated carbocycles. The van der Waals surface area contributed by atoms with E-state index in [1.165, 1.54) is 36.7 Å². The van der Waals surface area contributed by atoms with E-state index in [4.69, 9.17) is 4.74 Å². The minimum atomic E-state index is -0.441. The molecule has 1 aromatic carbocycles. The van der Waals surface area contributed by atoms with Crippen molar-refractivity contribution >= 4 is 23.2 Å². The van der Waals surface area contributed by atoms with E-state index in [2.05, 4.69) is 0 Å². The second kappa shape index (κ2) is 5.80. The maximum absolute atomic E-state index is 13.5. The number of ketones is 1. The van der Waals surface area contributed by atoms with Crippen LogP contribution in [0.25, 0.3) is 6.08 Å². The van der Waals surface area contributed by atoms with Gasteiger partial charge in [0.05, 0.1) is 12.0 Å². The van der Waals surface area contributed by atoms with Gasteiger partial charge in [0.1, 0.15) is 0 Å². The fourth-order valence-corrected chi connectivity index (χ4v) is 2.39. The Morgan fingerprint density at radius 2 is 2.11 bits per heavy atom. The lowest BCUT2D eigenvalue weighted by molar-refractivity contribution is 0.105. The highest BCUT2D eigenvalue weighted by atomic mass is 32.1. The van der Waals surface area contributed by atoms with E-state index in [-0.39, 0.29) is 11.5 Å². The number of halogens is 1. The van der Waals surface area contributed by atoms with Gasteiger partial charge in [-0.1, -0.05) is 12.1 Å². The number of carbonyl (C=O) groups is 1. The zero-order valence-electron chi connectivity index (χ0n) is 10.6. The summed E-state index contributed by atoms with van der Waals surface area (Å²) in [5.41, 5.74) is 0.625. The Labute approximate surface area is 115 Å². The number of hydrogen-bond acceptors (Lipinski definition) is 3. The average molecular weight is 276 g/mol. The molecule has 0 N–H and O–H groups in total. The van der Waals surface area contributed by atoms with Crippen molar-refractivity contribution in [3.8, 4) is 5.75 Å². The lowest BCUT2D eigenvalue weighted by Gasteiger charge is -2.01. The third-order valence-electron chi connectivity index (χ3n) is 2.59. The van der Waals surface area contributed by atoms with Crippen LogP contribution in [0.2, 0.25) is 0 Å². The molecule has 1 heterocycles. The fraction of sp³-hybridized carbons (Fsp3) is 0.133. The molecule has 0 atom stereocenters. The zero-order chi connectivity index (χ0) is 13.8. The van der Waals surface area contributed by atoms with Crippen molar-refractivity contribution in [2.75, 3.05) is 7.11 Å². The molecule has 4 heteroatoms. The molecule has 0 aliphatic rings. The third kappa shape index (κ3) is 3.29. The van der Waals surface area contributed by atoms with Crippen molar-refractivity contribution in [2.24, 2.45) is 0 Å². The van der Waals surface area contributed by atoms with Gasteiger partial charge >= 0.3 is 0 Å². The van der Waals surface area contributed by atoms with Gasteiger partial charge in [-0.25, -0.2) is 4.39 Å². The Bertz CT molecular complexity index is 629. The molecule has 98 valence electrons. The normalized spacial score (nSPS) is 10.9. The molecule has 2 aromatic rings. The molecule has 0 bridgehead atoms. The highest BCUT2D eigenvalue weighted by molar-refractivity contribution is 7.14. The van der Waals surface area contributed by atoms with Crippen LogP contribution >= 0.6 is 11.3 Å². The molecule has 0 spiro atoms. The first kappa shape index (κ1) is 13.5. The smallest absolute Gasteiger partial charge is 0.195 e. The first-order valence-corrected chi connectivity index (χ1v) is 6.54. The van der Waals surface area contributed by atoms with Gasteiger partial charge in [-0.2, -0.15) is 0 Å². The Kier molecular flexibility index (Phi) is 4.12. The van der Waals surface area contributed by atoms with Gasteiger partial charge in [-0.05, 0) is 42.8 Å². The van der Waals surface area contributed by atoms with Crippen molar-refractivity contribution in [3.63, 3.8) is 0 Å². The summed E-state index contributed by atoms with van der Waals surface area (Å²) in [6.07, 6.45) is 3.05. The number of methoxy groups -OCH3 is 1. The van der Waals surface area contributed by atoms with E-state index in [1.54, 1.807) is 18.2 Å². The van der Waals surface area contributed by atoms with E-state index < -0.39 is 5.82 Å². The molecule has 0 unspecified atom stereocenters. The predicted molar refractivity (Wildman–Crippen MR) is 75.4 cm³/mol. The summed E-state index contributed by atoms with van der Waals surface area (Å²) in [7, 11) is 1.41. The molecule has 1 aromatic heterocycles. The van der Waals surface area contributed by atoms with Crippen LogP contribution in [-0.4, -0.2) is 12.9 Å². The Hall–Kier alpha value is -1.94. The number of carbonyl (C=O) groups excluding carboxylic acids is 1. The Morgan fingerprint density at radius 1 is 1.32 bits per heavy atom. The zero-order valence-corrected chi connectivity index (χ0v) is 11.5. The Morgan fingerprint density at radius 3 is 2.68 bits per heavy atom. The van der Waals surface area contributed by atoms with Crippen LogP contribution in [0.5, 0.6) is 5.75 Å². The number of hydrogen-bond donors (Lipinski definition) is 0. The largest absolute Gasteiger partial charge is 0.494 e. The second-order valence-electron chi connectivity index (χ2n) is 4.00. The first-order chi connectivity index (χ1) is 9.10. The van der Waals surface area contributed by atoms with Gasteiger partial charge in [0.2, 0.25) is 0 Å². The van der Waals surface area contributed by atoms with E-state index in [1.807, 2.05) is 13.0 Å². The van der Waals surface area contributed by atoms with Crippen LogP contribution in [0.1, 0.15) is 20.1 Å². The molecule has 0 radical (unpaired) electrons. The fourth-order valence-electron chi connectivity index (χ4n) is 1.61. The summed E-state index contributed by atoms with van der Waals surface area (Å²) >= 11 is 1.45. The summed E-state index contributed by atoms with van der Waals surface area (Å²) in [6, 6.07) is 8.27. The van der Waals surface area contributed by atoms with Crippen LogP contribution in [0.3, 0.4) is 0 Å². The van der Waals surface area contributed by atoms with Gasteiger partial charge in [-0.3, -0.25) is 4.79 Å². The van der Waals surface area contributed by atoms with Crippen LogP contribution in [0.15, 0.2) is 36.4 Å². The molecule has 0 aliphatic carbocycles. The van der Waals surface area contributed by atoms with Gasteiger partial charge in [0.15, 0.2) is 17.3 Å². The third-order valence-corrected chi connectivity index (χ3v) is 3.60. The maximum Gasteiger partial charge on any atom is 0.195 e. The standard InChI is InChI=1S/C15H13FO2S/c1-10-3-8-15(19-10)13(17)6-4-11-5-7-14(18-2)12(16)9-11/h3-9H,1-2H3/b6-4+. The minimum Gasteiger partial charge on any atom is -0.494 e. The van der Waals surface area contributed by atoms with Gasteiger partial charge in [0, 0.05) is 4.88 Å². The average Bonchev–Trinajstić information content (AvgIpc) is 2.83. The molecule has 0 saturated heterocycles. The molecule has 0 amide bonds. The lowest BCUT2D eigenvalue weighted by Crippen LogP contribution is -1.90. The van der Waals surface area contributed by atoms with Crippen LogP contribution in [-0.2, 0) is 0 Å². The number of allylic oxidation sites excluding steroid dienone is 1. The summed E-state index contributed by atoms with van der Waals surface area (Å²) < 4.78 is 18.3. The molecule has 19 heavy (non-hydrogen) atoms. The minimum absolute atomic E-state index is 0.0747. The van der Waals surface area contributed by atoms with E-state index in [0.29, 0.717) is 10.4 Å². The molecule has 0 fully saturated rings. The quantitative estimate of drug-likeness (QED) is 0.620. The van der Waals surface area contributed by atoms with Crippen LogP contribution in [0, 0.1) is 12.7 Å². The SMILES string of the molecule is COc1ccc(/C=C/C(=O)c2ccc(C)s2)cc1F. The van der Waals surface area contributed by atoms with E-state index >= 15 is 0 Å². The first-order valence-electron chi connectivity index (χ1n) is 5.72. The summed E-state index contributed by atoms with van der Waals surface area (Å²) in [5, 5.41) is 0.